The molecule has 0 N–H and O–H groups in total. The molecule has 1 rings (SSSR count). The average Bonchev–Trinajstić information content (AvgIpc) is 2.68. The van der Waals surface area contributed by atoms with E-state index in [1.165, 1.54) is 11.3 Å². The van der Waals surface area contributed by atoms with E-state index in [9.17, 15) is 4.79 Å². The summed E-state index contributed by atoms with van der Waals surface area (Å²) < 4.78 is 0. The van der Waals surface area contributed by atoms with Crippen molar-refractivity contribution in [2.75, 3.05) is 11.4 Å². The van der Waals surface area contributed by atoms with Crippen molar-refractivity contribution in [1.29, 1.82) is 0 Å². The fraction of sp³-hybridized carbons (Fsp3) is 0.636. The molecule has 1 heterocycles. The number of nitrogens with zero attached hydrogens (tertiary/aromatic N) is 2. The standard InChI is InChI=1S/C11H18N2OS/c1-5-8(3)13(6-2)11-12-7-10(15-11)9(4)14/h7-8H,5-6H2,1-4H3. The number of aromatic nitrogens is 1. The highest BCUT2D eigenvalue weighted by molar-refractivity contribution is 7.17. The van der Waals surface area contributed by atoms with Crippen molar-refractivity contribution in [2.24, 2.45) is 0 Å². The van der Waals surface area contributed by atoms with E-state index < -0.39 is 0 Å². The highest BCUT2D eigenvalue weighted by atomic mass is 32.1. The molecule has 4 heteroatoms. The van der Waals surface area contributed by atoms with Gasteiger partial charge in [0.25, 0.3) is 0 Å². The lowest BCUT2D eigenvalue weighted by atomic mass is 10.2. The van der Waals surface area contributed by atoms with E-state index >= 15 is 0 Å². The minimum atomic E-state index is 0.0963. The third kappa shape index (κ3) is 2.78. The largest absolute Gasteiger partial charge is 0.346 e. The fourth-order valence-electron chi connectivity index (χ4n) is 1.42. The van der Waals surface area contributed by atoms with Gasteiger partial charge in [-0.25, -0.2) is 4.98 Å². The molecule has 0 radical (unpaired) electrons. The van der Waals surface area contributed by atoms with Gasteiger partial charge in [0.1, 0.15) is 0 Å². The molecule has 0 spiro atoms. The van der Waals surface area contributed by atoms with Gasteiger partial charge in [-0.3, -0.25) is 4.79 Å². The summed E-state index contributed by atoms with van der Waals surface area (Å²) in [5, 5.41) is 0.956. The molecular weight excluding hydrogens is 208 g/mol. The molecule has 1 atom stereocenters. The van der Waals surface area contributed by atoms with Crippen molar-refractivity contribution >= 4 is 22.3 Å². The number of carbonyl (C=O) groups excluding carboxylic acids is 1. The second-order valence-electron chi connectivity index (χ2n) is 3.61. The zero-order valence-corrected chi connectivity index (χ0v) is 10.6. The Labute approximate surface area is 95.1 Å². The Morgan fingerprint density at radius 2 is 2.27 bits per heavy atom. The Hall–Kier alpha value is -0.900. The molecule has 1 aromatic heterocycles. The first-order valence-corrected chi connectivity index (χ1v) is 6.15. The van der Waals surface area contributed by atoms with Crippen LogP contribution in [0.5, 0.6) is 0 Å². The smallest absolute Gasteiger partial charge is 0.186 e. The Kier molecular flexibility index (Phi) is 4.27. The molecule has 0 saturated heterocycles. The van der Waals surface area contributed by atoms with Crippen LogP contribution in [0, 0.1) is 0 Å². The van der Waals surface area contributed by atoms with Gasteiger partial charge < -0.3 is 4.90 Å². The zero-order valence-electron chi connectivity index (χ0n) is 9.78. The van der Waals surface area contributed by atoms with Gasteiger partial charge in [0, 0.05) is 19.5 Å². The van der Waals surface area contributed by atoms with E-state index in [0.29, 0.717) is 6.04 Å². The van der Waals surface area contributed by atoms with Gasteiger partial charge in [0.2, 0.25) is 0 Å². The van der Waals surface area contributed by atoms with Crippen molar-refractivity contribution < 1.29 is 4.79 Å². The fourth-order valence-corrected chi connectivity index (χ4v) is 2.39. The first kappa shape index (κ1) is 12.2. The van der Waals surface area contributed by atoms with Crippen LogP contribution in [0.1, 0.15) is 43.8 Å². The van der Waals surface area contributed by atoms with Gasteiger partial charge in [-0.15, -0.1) is 0 Å². The first-order chi connectivity index (χ1) is 7.10. The summed E-state index contributed by atoms with van der Waals surface area (Å²) in [6.07, 6.45) is 2.76. The van der Waals surface area contributed by atoms with E-state index in [0.717, 1.165) is 23.0 Å². The summed E-state index contributed by atoms with van der Waals surface area (Å²) in [6, 6.07) is 0.473. The number of hydrogen-bond donors (Lipinski definition) is 0. The van der Waals surface area contributed by atoms with Crippen molar-refractivity contribution in [1.82, 2.24) is 4.98 Å². The molecule has 0 aliphatic rings. The average molecular weight is 226 g/mol. The summed E-state index contributed by atoms with van der Waals surface area (Å²) in [5.74, 6) is 0.0963. The maximum absolute atomic E-state index is 11.2. The van der Waals surface area contributed by atoms with Crippen LogP contribution in [0.15, 0.2) is 6.20 Å². The van der Waals surface area contributed by atoms with E-state index in [2.05, 4.69) is 30.7 Å². The topological polar surface area (TPSA) is 33.2 Å². The Balaban J connectivity index is 2.87. The minimum Gasteiger partial charge on any atom is -0.346 e. The van der Waals surface area contributed by atoms with Crippen LogP contribution in [0.2, 0.25) is 0 Å². The van der Waals surface area contributed by atoms with Crippen molar-refractivity contribution in [3.05, 3.63) is 11.1 Å². The molecule has 84 valence electrons. The van der Waals surface area contributed by atoms with Crippen LogP contribution >= 0.6 is 11.3 Å². The molecule has 3 nitrogen and oxygen atoms in total. The van der Waals surface area contributed by atoms with Gasteiger partial charge in [-0.2, -0.15) is 0 Å². The van der Waals surface area contributed by atoms with Gasteiger partial charge in [0.15, 0.2) is 10.9 Å². The van der Waals surface area contributed by atoms with Gasteiger partial charge in [-0.05, 0) is 20.3 Å². The third-order valence-electron chi connectivity index (χ3n) is 2.55. The second kappa shape index (κ2) is 5.26. The summed E-state index contributed by atoms with van der Waals surface area (Å²) in [7, 11) is 0. The summed E-state index contributed by atoms with van der Waals surface area (Å²) >= 11 is 1.48. The Morgan fingerprint density at radius 3 is 2.67 bits per heavy atom. The van der Waals surface area contributed by atoms with Gasteiger partial charge >= 0.3 is 0 Å². The lowest BCUT2D eigenvalue weighted by Gasteiger charge is -2.26. The SMILES string of the molecule is CCC(C)N(CC)c1ncc(C(C)=O)s1. The van der Waals surface area contributed by atoms with Gasteiger partial charge in [0.05, 0.1) is 11.1 Å². The molecule has 0 amide bonds. The maximum atomic E-state index is 11.2. The number of ketones is 1. The Bertz CT molecular complexity index is 335. The number of hydrogen-bond acceptors (Lipinski definition) is 4. The van der Waals surface area contributed by atoms with Gasteiger partial charge in [-0.1, -0.05) is 18.3 Å². The summed E-state index contributed by atoms with van der Waals surface area (Å²) in [6.45, 7) is 8.96. The van der Waals surface area contributed by atoms with E-state index in [4.69, 9.17) is 0 Å². The van der Waals surface area contributed by atoms with Crippen molar-refractivity contribution in [2.45, 2.75) is 40.2 Å². The third-order valence-corrected chi connectivity index (χ3v) is 3.69. The lowest BCUT2D eigenvalue weighted by Crippen LogP contribution is -2.32. The molecule has 0 aliphatic heterocycles. The van der Waals surface area contributed by atoms with Crippen LogP contribution in [0.4, 0.5) is 5.13 Å². The highest BCUT2D eigenvalue weighted by Gasteiger charge is 2.15. The number of rotatable bonds is 5. The number of anilines is 1. The summed E-state index contributed by atoms with van der Waals surface area (Å²) in [4.78, 5) is 18.4. The first-order valence-electron chi connectivity index (χ1n) is 5.33. The monoisotopic (exact) mass is 226 g/mol. The van der Waals surface area contributed by atoms with Crippen LogP contribution in [-0.2, 0) is 0 Å². The number of thiazole rings is 1. The van der Waals surface area contributed by atoms with Crippen LogP contribution in [0.3, 0.4) is 0 Å². The molecule has 0 aromatic carbocycles. The van der Waals surface area contributed by atoms with E-state index in [-0.39, 0.29) is 5.78 Å². The van der Waals surface area contributed by atoms with E-state index in [1.807, 2.05) is 0 Å². The Morgan fingerprint density at radius 1 is 1.60 bits per heavy atom. The highest BCUT2D eigenvalue weighted by Crippen LogP contribution is 2.25. The normalized spacial score (nSPS) is 12.5. The quantitative estimate of drug-likeness (QED) is 0.724. The molecule has 0 aliphatic carbocycles. The number of carbonyl (C=O) groups is 1. The molecular formula is C11H18N2OS. The van der Waals surface area contributed by atoms with Crippen molar-refractivity contribution in [3.63, 3.8) is 0 Å². The lowest BCUT2D eigenvalue weighted by molar-refractivity contribution is 0.102. The second-order valence-corrected chi connectivity index (χ2v) is 4.62. The maximum Gasteiger partial charge on any atom is 0.186 e. The van der Waals surface area contributed by atoms with Crippen molar-refractivity contribution in [3.8, 4) is 0 Å². The molecule has 0 saturated carbocycles. The number of Topliss-reactive ketones (excluding diaryl/α,β-unsaturated/α-hetero) is 1. The van der Waals surface area contributed by atoms with Crippen LogP contribution in [-0.4, -0.2) is 23.4 Å². The predicted molar refractivity (Wildman–Crippen MR) is 64.9 cm³/mol. The molecule has 1 aromatic rings. The predicted octanol–water partition coefficient (Wildman–Crippen LogP) is 2.97. The minimum absolute atomic E-state index is 0.0963. The molecule has 0 fully saturated rings. The summed E-state index contributed by atoms with van der Waals surface area (Å²) in [5.41, 5.74) is 0. The molecule has 0 bridgehead atoms. The van der Waals surface area contributed by atoms with Crippen LogP contribution in [0.25, 0.3) is 0 Å². The molecule has 1 unspecified atom stereocenters. The van der Waals surface area contributed by atoms with E-state index in [1.54, 1.807) is 13.1 Å². The van der Waals surface area contributed by atoms with Crippen LogP contribution < -0.4 is 4.90 Å². The molecule has 15 heavy (non-hydrogen) atoms. The zero-order chi connectivity index (χ0) is 11.4.